The minimum atomic E-state index is -0.296. The van der Waals surface area contributed by atoms with Crippen molar-refractivity contribution < 1.29 is 14.3 Å². The fourth-order valence-corrected chi connectivity index (χ4v) is 3.24. The number of benzene rings is 2. The van der Waals surface area contributed by atoms with Crippen LogP contribution < -0.4 is 20.3 Å². The Labute approximate surface area is 174 Å². The highest BCUT2D eigenvalue weighted by Crippen LogP contribution is 2.36. The standard InChI is InChI=1S/C19H17BrClN3O4/c1-27-16-8-13(21)15(9-17(16)28-2)23-18(25)5-6-24-10-22-14-4-3-11(20)7-12(14)19(24)26/h3-4,7-10H,5-6H2,1-2H3,(H,23,25). The molecule has 0 atom stereocenters. The van der Waals surface area contributed by atoms with E-state index in [0.717, 1.165) is 4.47 Å². The van der Waals surface area contributed by atoms with Crippen molar-refractivity contribution in [1.29, 1.82) is 0 Å². The number of aryl methyl sites for hydroxylation is 1. The number of amides is 1. The third-order valence-electron chi connectivity index (χ3n) is 4.11. The summed E-state index contributed by atoms with van der Waals surface area (Å²) in [4.78, 5) is 29.2. The fraction of sp³-hybridized carbons (Fsp3) is 0.211. The van der Waals surface area contributed by atoms with Crippen LogP contribution in [0.4, 0.5) is 5.69 Å². The first-order valence-electron chi connectivity index (χ1n) is 8.29. The molecule has 0 bridgehead atoms. The molecular formula is C19H17BrClN3O4. The molecule has 28 heavy (non-hydrogen) atoms. The van der Waals surface area contributed by atoms with E-state index < -0.39 is 0 Å². The van der Waals surface area contributed by atoms with Crippen molar-refractivity contribution in [1.82, 2.24) is 9.55 Å². The SMILES string of the molecule is COc1cc(Cl)c(NC(=O)CCn2cnc3ccc(Br)cc3c2=O)cc1OC. The maximum Gasteiger partial charge on any atom is 0.261 e. The van der Waals surface area contributed by atoms with E-state index in [0.29, 0.717) is 33.1 Å². The summed E-state index contributed by atoms with van der Waals surface area (Å²) < 4.78 is 12.6. The lowest BCUT2D eigenvalue weighted by atomic mass is 10.2. The normalized spacial score (nSPS) is 10.7. The van der Waals surface area contributed by atoms with Gasteiger partial charge in [0.25, 0.3) is 5.56 Å². The number of halogens is 2. The largest absolute Gasteiger partial charge is 0.493 e. The van der Waals surface area contributed by atoms with Gasteiger partial charge >= 0.3 is 0 Å². The molecule has 1 aromatic heterocycles. The lowest BCUT2D eigenvalue weighted by molar-refractivity contribution is -0.116. The van der Waals surface area contributed by atoms with Gasteiger partial charge in [0.05, 0.1) is 42.2 Å². The number of rotatable bonds is 6. The summed E-state index contributed by atoms with van der Waals surface area (Å²) in [7, 11) is 3.00. The first kappa shape index (κ1) is 20.2. The van der Waals surface area contributed by atoms with E-state index in [1.165, 1.54) is 25.1 Å². The zero-order valence-corrected chi connectivity index (χ0v) is 17.5. The number of nitrogens with one attached hydrogen (secondary N) is 1. The summed E-state index contributed by atoms with van der Waals surface area (Å²) in [5.74, 6) is 0.614. The summed E-state index contributed by atoms with van der Waals surface area (Å²) in [6, 6.07) is 8.44. The Bertz CT molecular complexity index is 1100. The molecule has 0 spiro atoms. The smallest absolute Gasteiger partial charge is 0.261 e. The Morgan fingerprint density at radius 3 is 2.64 bits per heavy atom. The number of anilines is 1. The van der Waals surface area contributed by atoms with Crippen molar-refractivity contribution in [3.05, 3.63) is 56.5 Å². The predicted octanol–water partition coefficient (Wildman–Crippen LogP) is 3.86. The van der Waals surface area contributed by atoms with E-state index in [4.69, 9.17) is 21.1 Å². The number of fused-ring (bicyclic) bond motifs is 1. The molecule has 0 radical (unpaired) electrons. The van der Waals surface area contributed by atoms with Gasteiger partial charge in [0.2, 0.25) is 5.91 Å². The lowest BCUT2D eigenvalue weighted by Gasteiger charge is -2.13. The number of carbonyl (C=O) groups excluding carboxylic acids is 1. The van der Waals surface area contributed by atoms with Gasteiger partial charge in [-0.3, -0.25) is 14.2 Å². The summed E-state index contributed by atoms with van der Waals surface area (Å²) in [5.41, 5.74) is 0.798. The monoisotopic (exact) mass is 465 g/mol. The first-order chi connectivity index (χ1) is 13.4. The molecule has 3 aromatic rings. The molecule has 7 nitrogen and oxygen atoms in total. The molecule has 0 aliphatic rings. The molecule has 0 saturated carbocycles. The Morgan fingerprint density at radius 2 is 1.93 bits per heavy atom. The van der Waals surface area contributed by atoms with Crippen LogP contribution >= 0.6 is 27.5 Å². The van der Waals surface area contributed by atoms with Crippen molar-refractivity contribution in [3.63, 3.8) is 0 Å². The van der Waals surface area contributed by atoms with Gasteiger partial charge in [-0.05, 0) is 18.2 Å². The van der Waals surface area contributed by atoms with E-state index in [1.54, 1.807) is 24.3 Å². The van der Waals surface area contributed by atoms with E-state index in [-0.39, 0.29) is 24.4 Å². The van der Waals surface area contributed by atoms with E-state index in [9.17, 15) is 9.59 Å². The highest BCUT2D eigenvalue weighted by molar-refractivity contribution is 9.10. The van der Waals surface area contributed by atoms with E-state index in [1.807, 2.05) is 6.07 Å². The fourth-order valence-electron chi connectivity index (χ4n) is 2.68. The van der Waals surface area contributed by atoms with Crippen LogP contribution in [0.5, 0.6) is 11.5 Å². The van der Waals surface area contributed by atoms with Gasteiger partial charge < -0.3 is 14.8 Å². The van der Waals surface area contributed by atoms with Crippen LogP contribution in [-0.2, 0) is 11.3 Å². The van der Waals surface area contributed by atoms with Gasteiger partial charge in [0.15, 0.2) is 11.5 Å². The molecule has 1 heterocycles. The molecule has 2 aromatic carbocycles. The summed E-state index contributed by atoms with van der Waals surface area (Å²) >= 11 is 9.53. The molecule has 0 unspecified atom stereocenters. The second-order valence-electron chi connectivity index (χ2n) is 5.89. The third-order valence-corrected chi connectivity index (χ3v) is 4.92. The van der Waals surface area contributed by atoms with Gasteiger partial charge in [-0.1, -0.05) is 27.5 Å². The molecule has 9 heteroatoms. The summed E-state index contributed by atoms with van der Waals surface area (Å²) in [6.07, 6.45) is 1.51. The van der Waals surface area contributed by atoms with Crippen LogP contribution in [-0.4, -0.2) is 29.7 Å². The zero-order chi connectivity index (χ0) is 20.3. The Balaban J connectivity index is 1.74. The van der Waals surface area contributed by atoms with Gasteiger partial charge in [-0.2, -0.15) is 0 Å². The Kier molecular flexibility index (Phi) is 6.21. The molecule has 146 valence electrons. The van der Waals surface area contributed by atoms with Gasteiger partial charge in [0.1, 0.15) is 0 Å². The average Bonchev–Trinajstić information content (AvgIpc) is 2.69. The molecule has 3 rings (SSSR count). The van der Waals surface area contributed by atoms with Crippen LogP contribution in [0.15, 0.2) is 45.9 Å². The van der Waals surface area contributed by atoms with Crippen LogP contribution in [0.1, 0.15) is 6.42 Å². The molecule has 0 fully saturated rings. The third kappa shape index (κ3) is 4.28. The maximum atomic E-state index is 12.6. The average molecular weight is 467 g/mol. The molecule has 0 aliphatic heterocycles. The van der Waals surface area contributed by atoms with Crippen molar-refractivity contribution in [2.45, 2.75) is 13.0 Å². The van der Waals surface area contributed by atoms with Gasteiger partial charge in [-0.15, -0.1) is 0 Å². The number of nitrogens with zero attached hydrogens (tertiary/aromatic N) is 2. The minimum absolute atomic E-state index is 0.0752. The van der Waals surface area contributed by atoms with Gasteiger partial charge in [-0.25, -0.2) is 4.98 Å². The van der Waals surface area contributed by atoms with Crippen molar-refractivity contribution in [2.75, 3.05) is 19.5 Å². The number of ether oxygens (including phenoxy) is 2. The predicted molar refractivity (Wildman–Crippen MR) is 112 cm³/mol. The first-order valence-corrected chi connectivity index (χ1v) is 9.46. The Morgan fingerprint density at radius 1 is 1.21 bits per heavy atom. The van der Waals surface area contributed by atoms with E-state index >= 15 is 0 Å². The van der Waals surface area contributed by atoms with Crippen LogP contribution in [0.3, 0.4) is 0 Å². The lowest BCUT2D eigenvalue weighted by Crippen LogP contribution is -2.23. The van der Waals surface area contributed by atoms with Crippen LogP contribution in [0.25, 0.3) is 10.9 Å². The number of methoxy groups -OCH3 is 2. The molecule has 1 amide bonds. The highest BCUT2D eigenvalue weighted by Gasteiger charge is 2.13. The number of carbonyl (C=O) groups is 1. The number of aromatic nitrogens is 2. The summed E-state index contributed by atoms with van der Waals surface area (Å²) in [5, 5.41) is 3.53. The minimum Gasteiger partial charge on any atom is -0.493 e. The van der Waals surface area contributed by atoms with Crippen LogP contribution in [0.2, 0.25) is 5.02 Å². The van der Waals surface area contributed by atoms with E-state index in [2.05, 4.69) is 26.2 Å². The Hall–Kier alpha value is -2.58. The van der Waals surface area contributed by atoms with Crippen molar-refractivity contribution >= 4 is 50.0 Å². The quantitative estimate of drug-likeness (QED) is 0.596. The van der Waals surface area contributed by atoms with Crippen LogP contribution in [0, 0.1) is 0 Å². The summed E-state index contributed by atoms with van der Waals surface area (Å²) in [6.45, 7) is 0.186. The van der Waals surface area contributed by atoms with Crippen molar-refractivity contribution in [2.24, 2.45) is 0 Å². The maximum absolute atomic E-state index is 12.6. The topological polar surface area (TPSA) is 82.5 Å². The second kappa shape index (κ2) is 8.62. The second-order valence-corrected chi connectivity index (χ2v) is 7.21. The molecule has 0 saturated heterocycles. The molecular weight excluding hydrogens is 450 g/mol. The zero-order valence-electron chi connectivity index (χ0n) is 15.2. The number of hydrogen-bond donors (Lipinski definition) is 1. The number of hydrogen-bond acceptors (Lipinski definition) is 5. The molecule has 0 aliphatic carbocycles. The molecule has 1 N–H and O–H groups in total. The highest BCUT2D eigenvalue weighted by atomic mass is 79.9. The van der Waals surface area contributed by atoms with Gasteiger partial charge in [0, 0.05) is 29.6 Å². The van der Waals surface area contributed by atoms with Crippen molar-refractivity contribution in [3.8, 4) is 11.5 Å².